The maximum Gasteiger partial charge on any atom is 0.0594 e. The molecule has 0 radical (unpaired) electrons. The molecule has 1 fully saturated rings. The van der Waals surface area contributed by atoms with Crippen molar-refractivity contribution in [1.82, 2.24) is 4.90 Å². The van der Waals surface area contributed by atoms with E-state index in [1.807, 2.05) is 33.3 Å². The highest BCUT2D eigenvalue weighted by molar-refractivity contribution is 8.76. The minimum Gasteiger partial charge on any atom is -0.379 e. The molecule has 0 saturated carbocycles. The van der Waals surface area contributed by atoms with Crippen LogP contribution in [0.15, 0.2) is 12.2 Å². The molecule has 0 aromatic rings. The Labute approximate surface area is 111 Å². The fourth-order valence-corrected chi connectivity index (χ4v) is 3.56. The SMILES string of the molecule is CSC/C=C\CSSCCN1CCOCC1. The summed E-state index contributed by atoms with van der Waals surface area (Å²) in [6, 6.07) is 0. The maximum atomic E-state index is 5.32. The van der Waals surface area contributed by atoms with Crippen molar-refractivity contribution >= 4 is 33.3 Å². The van der Waals surface area contributed by atoms with E-state index in [0.29, 0.717) is 0 Å². The van der Waals surface area contributed by atoms with E-state index in [0.717, 1.165) is 37.8 Å². The smallest absolute Gasteiger partial charge is 0.0594 e. The van der Waals surface area contributed by atoms with Crippen molar-refractivity contribution in [3.63, 3.8) is 0 Å². The van der Waals surface area contributed by atoms with Crippen LogP contribution >= 0.6 is 33.3 Å². The highest BCUT2D eigenvalue weighted by Crippen LogP contribution is 2.21. The van der Waals surface area contributed by atoms with Gasteiger partial charge in [-0.05, 0) is 6.26 Å². The van der Waals surface area contributed by atoms with Crippen molar-refractivity contribution in [2.24, 2.45) is 0 Å². The van der Waals surface area contributed by atoms with Gasteiger partial charge < -0.3 is 4.74 Å². The Kier molecular flexibility index (Phi) is 10.0. The Morgan fingerprint density at radius 1 is 1.12 bits per heavy atom. The summed E-state index contributed by atoms with van der Waals surface area (Å²) in [6.07, 6.45) is 6.65. The third kappa shape index (κ3) is 7.90. The monoisotopic (exact) mass is 279 g/mol. The Hall–Kier alpha value is 0.710. The van der Waals surface area contributed by atoms with Crippen molar-refractivity contribution in [1.29, 1.82) is 0 Å². The highest BCUT2D eigenvalue weighted by atomic mass is 33.1. The molecule has 0 amide bonds. The molecule has 0 unspecified atom stereocenters. The topological polar surface area (TPSA) is 12.5 Å². The van der Waals surface area contributed by atoms with E-state index in [-0.39, 0.29) is 0 Å². The van der Waals surface area contributed by atoms with Crippen LogP contribution < -0.4 is 0 Å². The maximum absolute atomic E-state index is 5.32. The summed E-state index contributed by atoms with van der Waals surface area (Å²) >= 11 is 1.87. The van der Waals surface area contributed by atoms with E-state index in [2.05, 4.69) is 23.3 Å². The van der Waals surface area contributed by atoms with Gasteiger partial charge in [0.15, 0.2) is 0 Å². The van der Waals surface area contributed by atoms with Gasteiger partial charge in [0, 0.05) is 36.9 Å². The summed E-state index contributed by atoms with van der Waals surface area (Å²) in [4.78, 5) is 2.49. The van der Waals surface area contributed by atoms with E-state index >= 15 is 0 Å². The summed E-state index contributed by atoms with van der Waals surface area (Å²) in [7, 11) is 3.94. The van der Waals surface area contributed by atoms with Crippen LogP contribution in [0.1, 0.15) is 0 Å². The zero-order valence-corrected chi connectivity index (χ0v) is 12.3. The van der Waals surface area contributed by atoms with Crippen LogP contribution in [-0.4, -0.2) is 61.3 Å². The normalized spacial score (nSPS) is 18.3. The Bertz CT molecular complexity index is 184. The first-order chi connectivity index (χ1) is 7.93. The lowest BCUT2D eigenvalue weighted by atomic mass is 10.4. The molecule has 5 heteroatoms. The van der Waals surface area contributed by atoms with Gasteiger partial charge in [-0.25, -0.2) is 0 Å². The van der Waals surface area contributed by atoms with Crippen LogP contribution in [-0.2, 0) is 4.74 Å². The van der Waals surface area contributed by atoms with Crippen molar-refractivity contribution < 1.29 is 4.74 Å². The molecular formula is C11H21NOS3. The van der Waals surface area contributed by atoms with Gasteiger partial charge in [-0.2, -0.15) is 11.8 Å². The van der Waals surface area contributed by atoms with Crippen LogP contribution in [0, 0.1) is 0 Å². The van der Waals surface area contributed by atoms with Gasteiger partial charge in [-0.3, -0.25) is 4.90 Å². The zero-order chi connectivity index (χ0) is 11.5. The summed E-state index contributed by atoms with van der Waals surface area (Å²) in [5.41, 5.74) is 0. The van der Waals surface area contributed by atoms with Gasteiger partial charge in [0.1, 0.15) is 0 Å². The summed E-state index contributed by atoms with van der Waals surface area (Å²) in [6.45, 7) is 5.25. The molecule has 16 heavy (non-hydrogen) atoms. The van der Waals surface area contributed by atoms with Crippen LogP contribution in [0.25, 0.3) is 0 Å². The predicted octanol–water partition coefficient (Wildman–Crippen LogP) is 2.62. The largest absolute Gasteiger partial charge is 0.379 e. The molecule has 94 valence electrons. The Balaban J connectivity index is 1.83. The van der Waals surface area contributed by atoms with E-state index in [9.17, 15) is 0 Å². The lowest BCUT2D eigenvalue weighted by Gasteiger charge is -2.26. The molecule has 2 nitrogen and oxygen atoms in total. The third-order valence-electron chi connectivity index (χ3n) is 2.27. The molecule has 1 aliphatic heterocycles. The van der Waals surface area contributed by atoms with Crippen LogP contribution in [0.5, 0.6) is 0 Å². The van der Waals surface area contributed by atoms with Gasteiger partial charge in [0.2, 0.25) is 0 Å². The molecule has 0 atom stereocenters. The van der Waals surface area contributed by atoms with Gasteiger partial charge in [-0.15, -0.1) is 0 Å². The zero-order valence-electron chi connectivity index (χ0n) is 9.89. The number of thioether (sulfide) groups is 1. The second kappa shape index (κ2) is 10.8. The Morgan fingerprint density at radius 2 is 1.88 bits per heavy atom. The third-order valence-corrected chi connectivity index (χ3v) is 5.05. The lowest BCUT2D eigenvalue weighted by Crippen LogP contribution is -2.37. The van der Waals surface area contributed by atoms with E-state index in [1.165, 1.54) is 12.3 Å². The molecule has 0 bridgehead atoms. The summed E-state index contributed by atoms with van der Waals surface area (Å²) in [5.74, 6) is 3.49. The number of nitrogens with zero attached hydrogens (tertiary/aromatic N) is 1. The first kappa shape index (κ1) is 14.8. The molecule has 0 spiro atoms. The second-order valence-corrected chi connectivity index (χ2v) is 7.03. The molecule has 1 rings (SSSR count). The quantitative estimate of drug-likeness (QED) is 0.383. The molecular weight excluding hydrogens is 258 g/mol. The Morgan fingerprint density at radius 3 is 2.62 bits per heavy atom. The van der Waals surface area contributed by atoms with Crippen LogP contribution in [0.2, 0.25) is 0 Å². The number of hydrogen-bond acceptors (Lipinski definition) is 5. The molecule has 1 saturated heterocycles. The number of morpholine rings is 1. The number of rotatable bonds is 8. The standard InChI is InChI=1S/C11H21NOS3/c1-14-9-2-3-10-15-16-11-6-12-4-7-13-8-5-12/h2-3H,4-11H2,1H3/b3-2-. The van der Waals surface area contributed by atoms with Crippen molar-refractivity contribution in [3.8, 4) is 0 Å². The minimum atomic E-state index is 0.912. The first-order valence-electron chi connectivity index (χ1n) is 5.62. The van der Waals surface area contributed by atoms with Crippen molar-refractivity contribution in [2.75, 3.05) is 56.4 Å². The minimum absolute atomic E-state index is 0.912. The van der Waals surface area contributed by atoms with Crippen LogP contribution in [0.3, 0.4) is 0 Å². The molecule has 1 aliphatic rings. The summed E-state index contributed by atoms with van der Waals surface area (Å²) in [5, 5.41) is 0. The average Bonchev–Trinajstić information content (AvgIpc) is 2.34. The van der Waals surface area contributed by atoms with Crippen LogP contribution in [0.4, 0.5) is 0 Å². The average molecular weight is 279 g/mol. The fraction of sp³-hybridized carbons (Fsp3) is 0.818. The molecule has 0 N–H and O–H groups in total. The number of hydrogen-bond donors (Lipinski definition) is 0. The first-order valence-corrected chi connectivity index (χ1v) is 9.50. The van der Waals surface area contributed by atoms with Gasteiger partial charge in [-0.1, -0.05) is 33.7 Å². The van der Waals surface area contributed by atoms with E-state index in [4.69, 9.17) is 4.74 Å². The summed E-state index contributed by atoms with van der Waals surface area (Å²) < 4.78 is 5.32. The molecule has 0 aromatic carbocycles. The van der Waals surface area contributed by atoms with Gasteiger partial charge >= 0.3 is 0 Å². The lowest BCUT2D eigenvalue weighted by molar-refractivity contribution is 0.0410. The fourth-order valence-electron chi connectivity index (χ4n) is 1.37. The van der Waals surface area contributed by atoms with E-state index in [1.54, 1.807) is 0 Å². The molecule has 0 aliphatic carbocycles. The molecule has 1 heterocycles. The molecule has 0 aromatic heterocycles. The second-order valence-electron chi connectivity index (χ2n) is 3.49. The predicted molar refractivity (Wildman–Crippen MR) is 79.7 cm³/mol. The van der Waals surface area contributed by atoms with Crippen molar-refractivity contribution in [2.45, 2.75) is 0 Å². The van der Waals surface area contributed by atoms with Crippen molar-refractivity contribution in [3.05, 3.63) is 12.2 Å². The van der Waals surface area contributed by atoms with Gasteiger partial charge in [0.05, 0.1) is 13.2 Å². The highest BCUT2D eigenvalue weighted by Gasteiger charge is 2.08. The van der Waals surface area contributed by atoms with Gasteiger partial charge in [0.25, 0.3) is 0 Å². The van der Waals surface area contributed by atoms with E-state index < -0.39 is 0 Å². The number of ether oxygens (including phenoxy) is 1.